The van der Waals surface area contributed by atoms with Gasteiger partial charge in [0.25, 0.3) is 0 Å². The highest BCUT2D eigenvalue weighted by molar-refractivity contribution is 5.95. The van der Waals surface area contributed by atoms with E-state index in [-0.39, 0.29) is 6.42 Å². The van der Waals surface area contributed by atoms with E-state index >= 15 is 0 Å². The molecule has 3 N–H and O–H groups in total. The van der Waals surface area contributed by atoms with Crippen molar-refractivity contribution in [3.05, 3.63) is 89.7 Å². The number of alkyl halides is 3. The number of aliphatic carboxylic acids is 1. The highest BCUT2D eigenvalue weighted by Crippen LogP contribution is 2.44. The molecular weight excluding hydrogens is 504 g/mol. The predicted molar refractivity (Wildman–Crippen MR) is 133 cm³/mol. The monoisotopic (exact) mass is 530 g/mol. The van der Waals surface area contributed by atoms with Crippen LogP contribution in [0.5, 0.6) is 5.75 Å². The number of carbonyl (C=O) groups is 2. The van der Waals surface area contributed by atoms with Crippen LogP contribution in [-0.2, 0) is 15.8 Å². The molecule has 1 aliphatic rings. The van der Waals surface area contributed by atoms with Crippen molar-refractivity contribution >= 4 is 23.3 Å². The van der Waals surface area contributed by atoms with Gasteiger partial charge in [0.05, 0.1) is 23.1 Å². The number of hydrogen-bond acceptors (Lipinski definition) is 4. The number of amides is 1. The van der Waals surface area contributed by atoms with Crippen molar-refractivity contribution in [2.45, 2.75) is 31.0 Å². The lowest BCUT2D eigenvalue weighted by Crippen LogP contribution is -2.45. The Balaban J connectivity index is 1.66. The van der Waals surface area contributed by atoms with Gasteiger partial charge in [0.2, 0.25) is 5.91 Å². The third-order valence-corrected chi connectivity index (χ3v) is 6.75. The van der Waals surface area contributed by atoms with Crippen LogP contribution in [0.3, 0.4) is 0 Å². The number of ether oxygens (including phenoxy) is 1. The van der Waals surface area contributed by atoms with Crippen LogP contribution in [0.15, 0.2) is 72.8 Å². The Kier molecular flexibility index (Phi) is 7.89. The minimum atomic E-state index is -4.75. The second-order valence-corrected chi connectivity index (χ2v) is 9.15. The number of nitrogens with one attached hydrogen (secondary N) is 2. The van der Waals surface area contributed by atoms with Gasteiger partial charge in [-0.25, -0.2) is 4.39 Å². The predicted octanol–water partition coefficient (Wildman–Crippen LogP) is 6.17. The first-order chi connectivity index (χ1) is 18.1. The van der Waals surface area contributed by atoms with Crippen LogP contribution in [-0.4, -0.2) is 30.1 Å². The van der Waals surface area contributed by atoms with Crippen LogP contribution in [0.4, 0.5) is 28.9 Å². The van der Waals surface area contributed by atoms with Crippen molar-refractivity contribution in [1.29, 1.82) is 0 Å². The van der Waals surface area contributed by atoms with Crippen LogP contribution in [0.2, 0.25) is 0 Å². The number of para-hydroxylation sites is 1. The van der Waals surface area contributed by atoms with E-state index in [1.54, 1.807) is 55.6 Å². The molecule has 0 saturated heterocycles. The maximum absolute atomic E-state index is 14.5. The molecule has 0 aromatic heterocycles. The first-order valence-corrected chi connectivity index (χ1v) is 12.0. The molecule has 0 aliphatic heterocycles. The molecule has 1 fully saturated rings. The highest BCUT2D eigenvalue weighted by Gasteiger charge is 2.47. The molecule has 0 spiro atoms. The molecule has 38 heavy (non-hydrogen) atoms. The number of halogens is 4. The summed E-state index contributed by atoms with van der Waals surface area (Å²) in [7, 11) is 1.75. The quantitative estimate of drug-likeness (QED) is 0.318. The lowest BCUT2D eigenvalue weighted by Gasteiger charge is -2.39. The van der Waals surface area contributed by atoms with Crippen molar-refractivity contribution in [1.82, 2.24) is 0 Å². The molecule has 4 atom stereocenters. The van der Waals surface area contributed by atoms with Crippen molar-refractivity contribution in [2.75, 3.05) is 17.7 Å². The number of carboxylic acids is 1. The second-order valence-electron chi connectivity index (χ2n) is 9.15. The van der Waals surface area contributed by atoms with Crippen LogP contribution < -0.4 is 15.4 Å². The van der Waals surface area contributed by atoms with E-state index in [4.69, 9.17) is 4.74 Å². The number of anilines is 2. The van der Waals surface area contributed by atoms with E-state index in [2.05, 4.69) is 10.6 Å². The zero-order chi connectivity index (χ0) is 27.4. The normalized spacial score (nSPS) is 21.4. The van der Waals surface area contributed by atoms with Gasteiger partial charge in [0, 0.05) is 18.7 Å². The number of hydrogen-bond donors (Lipinski definition) is 3. The number of carboxylic acid groups (broad SMARTS) is 1. The molecule has 1 saturated carbocycles. The molecule has 0 radical (unpaired) electrons. The fourth-order valence-corrected chi connectivity index (χ4v) is 4.90. The van der Waals surface area contributed by atoms with Gasteiger partial charge in [0.1, 0.15) is 17.7 Å². The van der Waals surface area contributed by atoms with Gasteiger partial charge < -0.3 is 20.5 Å². The summed E-state index contributed by atoms with van der Waals surface area (Å²) in [6, 6.07) is 17.8. The first kappa shape index (κ1) is 27.0. The highest BCUT2D eigenvalue weighted by atomic mass is 19.4. The first-order valence-electron chi connectivity index (χ1n) is 12.0. The summed E-state index contributed by atoms with van der Waals surface area (Å²) >= 11 is 0. The number of rotatable bonds is 7. The standard InChI is InChI=1S/C28H26F4N2O4/c1-33-18-10-7-16(8-11-18)21-14-20(38-19-5-3-2-4-6-19)15-22(25(21)27(36)37)26(35)34-24-12-9-17(13-23(24)29)28(30,31)32/h2-13,20-22,25,33H,14-15H2,1H3,(H,34,35)(H,36,37)/t20?,21?,22?,25-/m0/s1. The van der Waals surface area contributed by atoms with Crippen LogP contribution in [0, 0.1) is 17.7 Å². The molecule has 3 unspecified atom stereocenters. The summed E-state index contributed by atoms with van der Waals surface area (Å²) in [5.74, 6) is -5.69. The molecule has 1 aliphatic carbocycles. The molecule has 0 heterocycles. The Morgan fingerprint density at radius 3 is 2.24 bits per heavy atom. The molecule has 1 amide bonds. The Labute approximate surface area is 216 Å². The molecule has 10 heteroatoms. The van der Waals surface area contributed by atoms with Gasteiger partial charge in [-0.15, -0.1) is 0 Å². The smallest absolute Gasteiger partial charge is 0.416 e. The summed E-state index contributed by atoms with van der Waals surface area (Å²) in [6.45, 7) is 0. The zero-order valence-electron chi connectivity index (χ0n) is 20.3. The van der Waals surface area contributed by atoms with Crippen molar-refractivity contribution in [2.24, 2.45) is 11.8 Å². The SMILES string of the molecule is CNc1ccc(C2CC(Oc3ccccc3)CC(C(=O)Nc3ccc(C(F)(F)F)cc3F)[C@H]2C(=O)O)cc1. The molecule has 4 rings (SSSR count). The van der Waals surface area contributed by atoms with Crippen molar-refractivity contribution < 1.29 is 37.0 Å². The Hall–Kier alpha value is -4.08. The van der Waals surface area contributed by atoms with Crippen LogP contribution in [0.1, 0.15) is 29.9 Å². The van der Waals surface area contributed by atoms with Gasteiger partial charge >= 0.3 is 12.1 Å². The minimum Gasteiger partial charge on any atom is -0.490 e. The minimum absolute atomic E-state index is 0.0189. The summed E-state index contributed by atoms with van der Waals surface area (Å²) in [4.78, 5) is 25.8. The third-order valence-electron chi connectivity index (χ3n) is 6.75. The van der Waals surface area contributed by atoms with Gasteiger partial charge in [-0.1, -0.05) is 30.3 Å². The third kappa shape index (κ3) is 6.07. The van der Waals surface area contributed by atoms with E-state index in [1.165, 1.54) is 0 Å². The van der Waals surface area contributed by atoms with Gasteiger partial charge in [-0.05, 0) is 60.9 Å². The fraction of sp³-hybridized carbons (Fsp3) is 0.286. The lowest BCUT2D eigenvalue weighted by atomic mass is 9.67. The summed E-state index contributed by atoms with van der Waals surface area (Å²) in [5, 5.41) is 15.5. The molecule has 3 aromatic rings. The largest absolute Gasteiger partial charge is 0.490 e. The van der Waals surface area contributed by atoms with Crippen molar-refractivity contribution in [3.8, 4) is 5.75 Å². The molecule has 200 valence electrons. The summed E-state index contributed by atoms with van der Waals surface area (Å²) < 4.78 is 59.4. The average molecular weight is 531 g/mol. The number of carbonyl (C=O) groups excluding carboxylic acids is 1. The molecule has 0 bridgehead atoms. The fourth-order valence-electron chi connectivity index (χ4n) is 4.90. The maximum Gasteiger partial charge on any atom is 0.416 e. The van der Waals surface area contributed by atoms with E-state index in [9.17, 15) is 32.3 Å². The summed E-state index contributed by atoms with van der Waals surface area (Å²) in [5.41, 5.74) is -0.152. The van der Waals surface area contributed by atoms with Crippen molar-refractivity contribution in [3.63, 3.8) is 0 Å². The Morgan fingerprint density at radius 2 is 1.66 bits per heavy atom. The zero-order valence-corrected chi connectivity index (χ0v) is 20.3. The van der Waals surface area contributed by atoms with Gasteiger partial charge in [-0.3, -0.25) is 9.59 Å². The maximum atomic E-state index is 14.5. The topological polar surface area (TPSA) is 87.7 Å². The van der Waals surface area contributed by atoms with Crippen LogP contribution >= 0.6 is 0 Å². The van der Waals surface area contributed by atoms with E-state index < -0.39 is 59.0 Å². The molecule has 3 aromatic carbocycles. The average Bonchev–Trinajstić information content (AvgIpc) is 2.89. The van der Waals surface area contributed by atoms with Gasteiger partial charge in [-0.2, -0.15) is 13.2 Å². The second kappa shape index (κ2) is 11.1. The summed E-state index contributed by atoms with van der Waals surface area (Å²) in [6.07, 6.45) is -4.97. The van der Waals surface area contributed by atoms with E-state index in [0.29, 0.717) is 29.9 Å². The van der Waals surface area contributed by atoms with E-state index in [1.807, 2.05) is 6.07 Å². The number of benzene rings is 3. The Morgan fingerprint density at radius 1 is 0.974 bits per heavy atom. The molecule has 6 nitrogen and oxygen atoms in total. The van der Waals surface area contributed by atoms with Gasteiger partial charge in [0.15, 0.2) is 0 Å². The lowest BCUT2D eigenvalue weighted by molar-refractivity contribution is -0.150. The molecular formula is C28H26F4N2O4. The van der Waals surface area contributed by atoms with Crippen LogP contribution in [0.25, 0.3) is 0 Å². The Bertz CT molecular complexity index is 1280. The van der Waals surface area contributed by atoms with E-state index in [0.717, 1.165) is 11.8 Å².